The molecule has 4 nitrogen and oxygen atoms in total. The van der Waals surface area contributed by atoms with Gasteiger partial charge in [0, 0.05) is 13.1 Å². The van der Waals surface area contributed by atoms with Crippen molar-refractivity contribution < 1.29 is 9.53 Å². The molecule has 1 saturated heterocycles. The molecule has 4 heteroatoms. The Labute approximate surface area is 114 Å². The summed E-state index contributed by atoms with van der Waals surface area (Å²) in [6.07, 6.45) is 1.08. The lowest BCUT2D eigenvalue weighted by atomic mass is 10.1. The van der Waals surface area contributed by atoms with Crippen molar-refractivity contribution in [3.8, 4) is 5.75 Å². The Kier molecular flexibility index (Phi) is 4.80. The van der Waals surface area contributed by atoms with E-state index in [1.165, 1.54) is 5.56 Å². The van der Waals surface area contributed by atoms with E-state index in [2.05, 4.69) is 5.32 Å². The SMILES string of the molecule is CNCC1CCN(C(=O)COc2ccc(C)cc2)C1. The van der Waals surface area contributed by atoms with Crippen LogP contribution < -0.4 is 10.1 Å². The number of likely N-dealkylation sites (tertiary alicyclic amines) is 1. The highest BCUT2D eigenvalue weighted by atomic mass is 16.5. The lowest BCUT2D eigenvalue weighted by Gasteiger charge is -2.17. The molecule has 1 N–H and O–H groups in total. The fraction of sp³-hybridized carbons (Fsp3) is 0.533. The average molecular weight is 262 g/mol. The van der Waals surface area contributed by atoms with E-state index >= 15 is 0 Å². The molecule has 0 spiro atoms. The van der Waals surface area contributed by atoms with Gasteiger partial charge in [0.2, 0.25) is 0 Å². The highest BCUT2D eigenvalue weighted by molar-refractivity contribution is 5.78. The minimum atomic E-state index is 0.0826. The largest absolute Gasteiger partial charge is 0.484 e. The van der Waals surface area contributed by atoms with E-state index < -0.39 is 0 Å². The van der Waals surface area contributed by atoms with Crippen molar-refractivity contribution in [2.75, 3.05) is 33.3 Å². The predicted molar refractivity (Wildman–Crippen MR) is 75.3 cm³/mol. The molecule has 19 heavy (non-hydrogen) atoms. The Balaban J connectivity index is 1.77. The Hall–Kier alpha value is -1.55. The number of rotatable bonds is 5. The van der Waals surface area contributed by atoms with Crippen LogP contribution in [0.1, 0.15) is 12.0 Å². The van der Waals surface area contributed by atoms with Crippen LogP contribution >= 0.6 is 0 Å². The van der Waals surface area contributed by atoms with Gasteiger partial charge in [-0.05, 0) is 45.0 Å². The van der Waals surface area contributed by atoms with Crippen molar-refractivity contribution in [2.24, 2.45) is 5.92 Å². The fourth-order valence-corrected chi connectivity index (χ4v) is 2.39. The molecule has 1 aromatic carbocycles. The van der Waals surface area contributed by atoms with Crippen LogP contribution in [-0.2, 0) is 4.79 Å². The van der Waals surface area contributed by atoms with Crippen molar-refractivity contribution in [1.82, 2.24) is 10.2 Å². The number of benzene rings is 1. The summed E-state index contributed by atoms with van der Waals surface area (Å²) in [4.78, 5) is 13.9. The first-order valence-electron chi connectivity index (χ1n) is 6.81. The monoisotopic (exact) mass is 262 g/mol. The van der Waals surface area contributed by atoms with Gasteiger partial charge < -0.3 is 15.0 Å². The lowest BCUT2D eigenvalue weighted by molar-refractivity contribution is -0.132. The lowest BCUT2D eigenvalue weighted by Crippen LogP contribution is -2.34. The smallest absolute Gasteiger partial charge is 0.260 e. The number of amides is 1. The summed E-state index contributed by atoms with van der Waals surface area (Å²) in [6, 6.07) is 7.77. The summed E-state index contributed by atoms with van der Waals surface area (Å²) in [5.74, 6) is 1.41. The molecule has 1 aromatic rings. The third-order valence-electron chi connectivity index (χ3n) is 3.51. The van der Waals surface area contributed by atoms with Crippen LogP contribution in [0.25, 0.3) is 0 Å². The quantitative estimate of drug-likeness (QED) is 0.873. The zero-order chi connectivity index (χ0) is 13.7. The first kappa shape index (κ1) is 13.9. The van der Waals surface area contributed by atoms with Crippen LogP contribution in [0.5, 0.6) is 5.75 Å². The molecule has 0 bridgehead atoms. The highest BCUT2D eigenvalue weighted by Gasteiger charge is 2.25. The molecular formula is C15H22N2O2. The molecule has 0 aliphatic carbocycles. The number of hydrogen-bond donors (Lipinski definition) is 1. The number of carbonyl (C=O) groups excluding carboxylic acids is 1. The van der Waals surface area contributed by atoms with E-state index in [0.29, 0.717) is 5.92 Å². The zero-order valence-corrected chi connectivity index (χ0v) is 11.7. The first-order chi connectivity index (χ1) is 9.19. The highest BCUT2D eigenvalue weighted by Crippen LogP contribution is 2.16. The van der Waals surface area contributed by atoms with Crippen LogP contribution in [0.4, 0.5) is 0 Å². The number of aryl methyl sites for hydroxylation is 1. The van der Waals surface area contributed by atoms with Gasteiger partial charge in [-0.15, -0.1) is 0 Å². The summed E-state index contributed by atoms with van der Waals surface area (Å²) in [7, 11) is 1.95. The summed E-state index contributed by atoms with van der Waals surface area (Å²) in [5, 5.41) is 3.16. The Morgan fingerprint density at radius 1 is 1.42 bits per heavy atom. The summed E-state index contributed by atoms with van der Waals surface area (Å²) >= 11 is 0. The molecule has 1 unspecified atom stereocenters. The first-order valence-corrected chi connectivity index (χ1v) is 6.81. The molecule has 104 valence electrons. The minimum absolute atomic E-state index is 0.0826. The minimum Gasteiger partial charge on any atom is -0.484 e. The second-order valence-corrected chi connectivity index (χ2v) is 5.15. The van der Waals surface area contributed by atoms with E-state index in [1.807, 2.05) is 43.1 Å². The fourth-order valence-electron chi connectivity index (χ4n) is 2.39. The second-order valence-electron chi connectivity index (χ2n) is 5.15. The van der Waals surface area contributed by atoms with Crippen molar-refractivity contribution in [2.45, 2.75) is 13.3 Å². The van der Waals surface area contributed by atoms with Gasteiger partial charge in [-0.2, -0.15) is 0 Å². The predicted octanol–water partition coefficient (Wildman–Crippen LogP) is 1.44. The molecule has 0 aromatic heterocycles. The van der Waals surface area contributed by atoms with Crippen LogP contribution in [0.2, 0.25) is 0 Å². The van der Waals surface area contributed by atoms with Crippen LogP contribution in [-0.4, -0.2) is 44.1 Å². The molecule has 1 aliphatic heterocycles. The van der Waals surface area contributed by atoms with Crippen LogP contribution in [0, 0.1) is 12.8 Å². The number of ether oxygens (including phenoxy) is 1. The molecule has 1 aliphatic rings. The molecule has 0 saturated carbocycles. The average Bonchev–Trinajstić information content (AvgIpc) is 2.87. The van der Waals surface area contributed by atoms with Crippen molar-refractivity contribution in [1.29, 1.82) is 0 Å². The Bertz CT molecular complexity index is 417. The molecule has 1 fully saturated rings. The van der Waals surface area contributed by atoms with Crippen LogP contribution in [0.15, 0.2) is 24.3 Å². The summed E-state index contributed by atoms with van der Waals surface area (Å²) in [5.41, 5.74) is 1.19. The van der Waals surface area contributed by atoms with Crippen molar-refractivity contribution in [3.63, 3.8) is 0 Å². The van der Waals surface area contributed by atoms with Crippen LogP contribution in [0.3, 0.4) is 0 Å². The van der Waals surface area contributed by atoms with Gasteiger partial charge in [-0.25, -0.2) is 0 Å². The summed E-state index contributed by atoms with van der Waals surface area (Å²) in [6.45, 7) is 4.83. The van der Waals surface area contributed by atoms with E-state index in [1.54, 1.807) is 0 Å². The normalized spacial score (nSPS) is 18.6. The topological polar surface area (TPSA) is 41.6 Å². The Morgan fingerprint density at radius 2 is 2.16 bits per heavy atom. The number of carbonyl (C=O) groups is 1. The van der Waals surface area contributed by atoms with Gasteiger partial charge >= 0.3 is 0 Å². The molecule has 0 radical (unpaired) electrons. The van der Waals surface area contributed by atoms with Gasteiger partial charge in [-0.3, -0.25) is 4.79 Å². The molecule has 1 amide bonds. The van der Waals surface area contributed by atoms with Gasteiger partial charge in [0.25, 0.3) is 5.91 Å². The van der Waals surface area contributed by atoms with Crippen molar-refractivity contribution in [3.05, 3.63) is 29.8 Å². The number of hydrogen-bond acceptors (Lipinski definition) is 3. The van der Waals surface area contributed by atoms with Gasteiger partial charge in [0.15, 0.2) is 6.61 Å². The molecule has 1 heterocycles. The number of nitrogens with zero attached hydrogens (tertiary/aromatic N) is 1. The van der Waals surface area contributed by atoms with Gasteiger partial charge in [0.1, 0.15) is 5.75 Å². The maximum Gasteiger partial charge on any atom is 0.260 e. The third kappa shape index (κ3) is 3.96. The maximum absolute atomic E-state index is 12.0. The van der Waals surface area contributed by atoms with E-state index in [4.69, 9.17) is 4.74 Å². The summed E-state index contributed by atoms with van der Waals surface area (Å²) < 4.78 is 5.52. The zero-order valence-electron chi connectivity index (χ0n) is 11.7. The third-order valence-corrected chi connectivity index (χ3v) is 3.51. The maximum atomic E-state index is 12.0. The van der Waals surface area contributed by atoms with E-state index in [9.17, 15) is 4.79 Å². The molecule has 1 atom stereocenters. The molecular weight excluding hydrogens is 240 g/mol. The van der Waals surface area contributed by atoms with E-state index in [-0.39, 0.29) is 12.5 Å². The Morgan fingerprint density at radius 3 is 2.84 bits per heavy atom. The van der Waals surface area contributed by atoms with Crippen molar-refractivity contribution >= 4 is 5.91 Å². The number of nitrogens with one attached hydrogen (secondary N) is 1. The van der Waals surface area contributed by atoms with Gasteiger partial charge in [0.05, 0.1) is 0 Å². The van der Waals surface area contributed by atoms with Gasteiger partial charge in [-0.1, -0.05) is 17.7 Å². The second kappa shape index (κ2) is 6.57. The standard InChI is InChI=1S/C15H22N2O2/c1-12-3-5-14(6-4-12)19-11-15(18)17-8-7-13(10-17)9-16-2/h3-6,13,16H,7-11H2,1-2H3. The van der Waals surface area contributed by atoms with E-state index in [0.717, 1.165) is 31.8 Å². The molecule has 2 rings (SSSR count).